The van der Waals surface area contributed by atoms with Crippen LogP contribution in [-0.2, 0) is 21.6 Å². The van der Waals surface area contributed by atoms with Crippen LogP contribution < -0.4 is 10.2 Å². The number of carbonyl (C=O) groups excluding carboxylic acids is 3. The molecule has 0 saturated carbocycles. The zero-order valence-electron chi connectivity index (χ0n) is 16.6. The van der Waals surface area contributed by atoms with Crippen molar-refractivity contribution in [3.8, 4) is 0 Å². The Hall–Kier alpha value is -2.95. The molecule has 0 spiro atoms. The van der Waals surface area contributed by atoms with Gasteiger partial charge in [-0.15, -0.1) is 0 Å². The van der Waals surface area contributed by atoms with E-state index >= 15 is 0 Å². The first kappa shape index (κ1) is 21.8. The van der Waals surface area contributed by atoms with Gasteiger partial charge in [0.05, 0.1) is 41.7 Å². The highest BCUT2D eigenvalue weighted by molar-refractivity contribution is 9.10. The van der Waals surface area contributed by atoms with Crippen LogP contribution in [0.1, 0.15) is 36.8 Å². The maximum absolute atomic E-state index is 14.8. The van der Waals surface area contributed by atoms with Gasteiger partial charge in [-0.25, -0.2) is 14.0 Å². The molecular formula is C19H20BrFN4O5. The number of ether oxygens (including phenoxy) is 2. The van der Waals surface area contributed by atoms with Crippen molar-refractivity contribution >= 4 is 39.7 Å². The van der Waals surface area contributed by atoms with E-state index in [0.717, 1.165) is 6.07 Å². The van der Waals surface area contributed by atoms with Crippen LogP contribution in [0.3, 0.4) is 0 Å². The quantitative estimate of drug-likeness (QED) is 0.714. The summed E-state index contributed by atoms with van der Waals surface area (Å²) in [5, 5.41) is 6.94. The summed E-state index contributed by atoms with van der Waals surface area (Å²) < 4.78 is 26.7. The summed E-state index contributed by atoms with van der Waals surface area (Å²) in [6.07, 6.45) is -0.425. The fourth-order valence-corrected chi connectivity index (χ4v) is 3.72. The standard InChI is InChI=1S/C19H20BrFN4O5/c1-4-29-17(27)25(18(28)30-5-2)11-6-7-14(21)12(8-11)19(3)10-24-15(16(26)23-19)13(20)9-22-24/h6-9H,4-5,10H2,1-3H3,(H,23,26). The summed E-state index contributed by atoms with van der Waals surface area (Å²) >= 11 is 3.26. The number of hydrogen-bond donors (Lipinski definition) is 1. The molecule has 1 atom stereocenters. The van der Waals surface area contributed by atoms with Crippen LogP contribution in [0.15, 0.2) is 28.9 Å². The van der Waals surface area contributed by atoms with Gasteiger partial charge in [-0.05, 0) is 54.9 Å². The van der Waals surface area contributed by atoms with Crippen LogP contribution in [-0.4, -0.2) is 41.1 Å². The zero-order chi connectivity index (χ0) is 22.1. The number of nitrogens with zero attached hydrogens (tertiary/aromatic N) is 3. The third-order valence-electron chi connectivity index (χ3n) is 4.57. The highest BCUT2D eigenvalue weighted by Crippen LogP contribution is 2.34. The number of aromatic nitrogens is 2. The smallest absolute Gasteiger partial charge is 0.423 e. The maximum Gasteiger partial charge on any atom is 0.423 e. The van der Waals surface area contributed by atoms with Gasteiger partial charge in [0.25, 0.3) is 5.91 Å². The van der Waals surface area contributed by atoms with E-state index in [0.29, 0.717) is 15.1 Å². The number of carbonyl (C=O) groups is 3. The van der Waals surface area contributed by atoms with Gasteiger partial charge >= 0.3 is 12.2 Å². The fourth-order valence-electron chi connectivity index (χ4n) is 3.25. The molecular weight excluding hydrogens is 463 g/mol. The third-order valence-corrected chi connectivity index (χ3v) is 5.15. The van der Waals surface area contributed by atoms with Gasteiger partial charge in [0.2, 0.25) is 0 Å². The van der Waals surface area contributed by atoms with Gasteiger partial charge in [0.1, 0.15) is 11.5 Å². The average molecular weight is 483 g/mol. The SMILES string of the molecule is CCOC(=O)N(C(=O)OCC)c1ccc(F)c(C2(C)Cn3ncc(Br)c3C(=O)N2)c1. The van der Waals surface area contributed by atoms with Crippen molar-refractivity contribution < 1.29 is 28.2 Å². The molecule has 1 aliphatic heterocycles. The highest BCUT2D eigenvalue weighted by Gasteiger charge is 2.40. The second-order valence-corrected chi connectivity index (χ2v) is 7.54. The number of hydrogen-bond acceptors (Lipinski definition) is 6. The van der Waals surface area contributed by atoms with Crippen molar-refractivity contribution in [2.75, 3.05) is 18.1 Å². The summed E-state index contributed by atoms with van der Waals surface area (Å²) in [6, 6.07) is 3.69. The number of amides is 3. The zero-order valence-corrected chi connectivity index (χ0v) is 18.2. The second-order valence-electron chi connectivity index (χ2n) is 6.68. The van der Waals surface area contributed by atoms with E-state index in [1.54, 1.807) is 20.8 Å². The van der Waals surface area contributed by atoms with Crippen LogP contribution >= 0.6 is 15.9 Å². The molecule has 9 nitrogen and oxygen atoms in total. The molecule has 11 heteroatoms. The van der Waals surface area contributed by atoms with Gasteiger partial charge in [-0.3, -0.25) is 9.48 Å². The first-order valence-corrected chi connectivity index (χ1v) is 9.98. The Balaban J connectivity index is 2.05. The number of imide groups is 1. The van der Waals surface area contributed by atoms with Crippen LogP contribution in [0.5, 0.6) is 0 Å². The largest absolute Gasteiger partial charge is 0.449 e. The van der Waals surface area contributed by atoms with Crippen LogP contribution in [0.4, 0.5) is 19.7 Å². The lowest BCUT2D eigenvalue weighted by Gasteiger charge is -2.36. The molecule has 0 bridgehead atoms. The van der Waals surface area contributed by atoms with Crippen molar-refractivity contribution in [2.45, 2.75) is 32.9 Å². The first-order valence-electron chi connectivity index (χ1n) is 9.19. The van der Waals surface area contributed by atoms with Crippen molar-refractivity contribution in [1.82, 2.24) is 15.1 Å². The molecule has 30 heavy (non-hydrogen) atoms. The molecule has 2 heterocycles. The minimum absolute atomic E-state index is 0.0352. The summed E-state index contributed by atoms with van der Waals surface area (Å²) in [5.41, 5.74) is -0.746. The topological polar surface area (TPSA) is 103 Å². The summed E-state index contributed by atoms with van der Waals surface area (Å²) in [4.78, 5) is 38.0. The first-order chi connectivity index (χ1) is 14.2. The molecule has 2 aromatic rings. The maximum atomic E-state index is 14.8. The lowest BCUT2D eigenvalue weighted by atomic mass is 9.89. The van der Waals surface area contributed by atoms with Gasteiger partial charge in [-0.1, -0.05) is 0 Å². The van der Waals surface area contributed by atoms with Crippen molar-refractivity contribution in [2.24, 2.45) is 0 Å². The lowest BCUT2D eigenvalue weighted by Crippen LogP contribution is -2.52. The summed E-state index contributed by atoms with van der Waals surface area (Å²) in [5.74, 6) is -1.06. The normalized spacial score (nSPS) is 17.7. The molecule has 0 aliphatic carbocycles. The molecule has 1 unspecified atom stereocenters. The minimum Gasteiger partial charge on any atom is -0.449 e. The Labute approximate surface area is 180 Å². The molecule has 160 valence electrons. The van der Waals surface area contributed by atoms with Crippen molar-refractivity contribution in [1.29, 1.82) is 0 Å². The van der Waals surface area contributed by atoms with Gasteiger partial charge in [0.15, 0.2) is 0 Å². The number of benzene rings is 1. The van der Waals surface area contributed by atoms with Gasteiger partial charge in [0, 0.05) is 5.56 Å². The Bertz CT molecular complexity index is 993. The van der Waals surface area contributed by atoms with E-state index in [4.69, 9.17) is 9.47 Å². The third kappa shape index (κ3) is 3.89. The Morgan fingerprint density at radius 1 is 1.30 bits per heavy atom. The molecule has 3 rings (SSSR count). The highest BCUT2D eigenvalue weighted by atomic mass is 79.9. The molecule has 1 aromatic carbocycles. The molecule has 0 saturated heterocycles. The van der Waals surface area contributed by atoms with Crippen LogP contribution in [0.25, 0.3) is 0 Å². The van der Waals surface area contributed by atoms with Crippen LogP contribution in [0.2, 0.25) is 0 Å². The van der Waals surface area contributed by atoms with E-state index < -0.39 is 29.4 Å². The fraction of sp³-hybridized carbons (Fsp3) is 0.368. The molecule has 1 N–H and O–H groups in total. The molecule has 0 fully saturated rings. The van der Waals surface area contributed by atoms with Crippen molar-refractivity contribution in [3.63, 3.8) is 0 Å². The summed E-state index contributed by atoms with van der Waals surface area (Å²) in [6.45, 7) is 5.02. The predicted octanol–water partition coefficient (Wildman–Crippen LogP) is 3.56. The Kier molecular flexibility index (Phi) is 6.11. The van der Waals surface area contributed by atoms with Crippen molar-refractivity contribution in [3.05, 3.63) is 45.9 Å². The number of halogens is 2. The molecule has 1 aromatic heterocycles. The predicted molar refractivity (Wildman–Crippen MR) is 108 cm³/mol. The molecule has 0 radical (unpaired) electrons. The van der Waals surface area contributed by atoms with Crippen LogP contribution in [0, 0.1) is 5.82 Å². The van der Waals surface area contributed by atoms with E-state index in [9.17, 15) is 18.8 Å². The van der Waals surface area contributed by atoms with E-state index in [1.807, 2.05) is 0 Å². The average Bonchev–Trinajstić information content (AvgIpc) is 3.04. The number of nitrogens with one attached hydrogen (secondary N) is 1. The van der Waals surface area contributed by atoms with E-state index in [1.165, 1.54) is 23.0 Å². The lowest BCUT2D eigenvalue weighted by molar-refractivity contribution is 0.0835. The number of anilines is 1. The molecule has 1 aliphatic rings. The van der Waals surface area contributed by atoms with Gasteiger partial charge in [-0.2, -0.15) is 10.00 Å². The van der Waals surface area contributed by atoms with E-state index in [-0.39, 0.29) is 31.0 Å². The van der Waals surface area contributed by atoms with E-state index in [2.05, 4.69) is 26.3 Å². The monoisotopic (exact) mass is 482 g/mol. The minimum atomic E-state index is -1.19. The second kappa shape index (κ2) is 8.42. The Morgan fingerprint density at radius 2 is 1.93 bits per heavy atom. The number of rotatable bonds is 4. The Morgan fingerprint density at radius 3 is 2.53 bits per heavy atom. The number of fused-ring (bicyclic) bond motifs is 1. The molecule has 3 amide bonds. The summed E-state index contributed by atoms with van der Waals surface area (Å²) in [7, 11) is 0. The van der Waals surface area contributed by atoms with Gasteiger partial charge < -0.3 is 14.8 Å².